The average Bonchev–Trinajstić information content (AvgIpc) is 2.52. The summed E-state index contributed by atoms with van der Waals surface area (Å²) in [6.07, 6.45) is 2.41. The van der Waals surface area contributed by atoms with Crippen molar-refractivity contribution in [2.75, 3.05) is 6.54 Å². The number of rotatable bonds is 5. The van der Waals surface area contributed by atoms with Crippen molar-refractivity contribution in [1.82, 2.24) is 10.5 Å². The molecule has 0 aliphatic rings. The summed E-state index contributed by atoms with van der Waals surface area (Å²) in [6, 6.07) is 1.78. The summed E-state index contributed by atoms with van der Waals surface area (Å²) in [5, 5.41) is 6.57. The Kier molecular flexibility index (Phi) is 4.16. The van der Waals surface area contributed by atoms with Crippen molar-refractivity contribution < 1.29 is 9.32 Å². The number of unbranched alkanes of at least 4 members (excludes halogenated alkanes) is 1. The predicted octanol–water partition coefficient (Wildman–Crippen LogP) is 1.44. The molecule has 4 nitrogen and oxygen atoms in total. The van der Waals surface area contributed by atoms with Crippen LogP contribution in [0.2, 0.25) is 0 Å². The molecule has 0 saturated heterocycles. The van der Waals surface area contributed by atoms with Gasteiger partial charge in [-0.3, -0.25) is 4.79 Å². The summed E-state index contributed by atoms with van der Waals surface area (Å²) in [6.45, 7) is 4.64. The first-order chi connectivity index (χ1) is 6.72. The largest absolute Gasteiger partial charge is 0.361 e. The molecule has 1 aromatic rings. The van der Waals surface area contributed by atoms with Crippen LogP contribution in [-0.2, 0) is 11.2 Å². The second-order valence-corrected chi connectivity index (χ2v) is 3.31. The fourth-order valence-corrected chi connectivity index (χ4v) is 1.13. The number of nitrogens with one attached hydrogen (secondary N) is 1. The fraction of sp³-hybridized carbons (Fsp3) is 0.600. The third-order valence-electron chi connectivity index (χ3n) is 1.87. The van der Waals surface area contributed by atoms with Crippen molar-refractivity contribution in [3.63, 3.8) is 0 Å². The Morgan fingerprint density at radius 3 is 3.00 bits per heavy atom. The Bertz CT molecular complexity index is 294. The number of amides is 1. The van der Waals surface area contributed by atoms with Gasteiger partial charge in [-0.05, 0) is 13.3 Å². The minimum absolute atomic E-state index is 0.00625. The molecule has 0 aliphatic carbocycles. The quantitative estimate of drug-likeness (QED) is 0.725. The van der Waals surface area contributed by atoms with Crippen LogP contribution in [0.25, 0.3) is 0 Å². The molecule has 1 N–H and O–H groups in total. The van der Waals surface area contributed by atoms with E-state index in [-0.39, 0.29) is 5.91 Å². The van der Waals surface area contributed by atoms with E-state index in [1.54, 1.807) is 6.07 Å². The van der Waals surface area contributed by atoms with Crippen LogP contribution in [-0.4, -0.2) is 17.6 Å². The van der Waals surface area contributed by atoms with Gasteiger partial charge in [-0.15, -0.1) is 0 Å². The lowest BCUT2D eigenvalue weighted by Gasteiger charge is -2.01. The zero-order valence-electron chi connectivity index (χ0n) is 8.67. The molecule has 4 heteroatoms. The first-order valence-electron chi connectivity index (χ1n) is 4.91. The van der Waals surface area contributed by atoms with Crippen LogP contribution in [0.3, 0.4) is 0 Å². The van der Waals surface area contributed by atoms with Gasteiger partial charge in [-0.1, -0.05) is 18.5 Å². The Balaban J connectivity index is 2.27. The van der Waals surface area contributed by atoms with Crippen molar-refractivity contribution >= 4 is 5.91 Å². The van der Waals surface area contributed by atoms with Crippen molar-refractivity contribution in [1.29, 1.82) is 0 Å². The molecule has 0 radical (unpaired) electrons. The van der Waals surface area contributed by atoms with Crippen molar-refractivity contribution in [2.24, 2.45) is 0 Å². The lowest BCUT2D eigenvalue weighted by atomic mass is 10.2. The molecule has 0 fully saturated rings. The maximum Gasteiger partial charge on any atom is 0.226 e. The van der Waals surface area contributed by atoms with Crippen molar-refractivity contribution in [2.45, 2.75) is 33.1 Å². The second kappa shape index (κ2) is 5.42. The van der Waals surface area contributed by atoms with E-state index in [0.29, 0.717) is 12.1 Å². The van der Waals surface area contributed by atoms with E-state index < -0.39 is 0 Å². The van der Waals surface area contributed by atoms with Gasteiger partial charge >= 0.3 is 0 Å². The number of hydrogen-bond donors (Lipinski definition) is 1. The fourth-order valence-electron chi connectivity index (χ4n) is 1.13. The molecule has 0 aliphatic heterocycles. The zero-order chi connectivity index (χ0) is 10.4. The van der Waals surface area contributed by atoms with E-state index >= 15 is 0 Å². The van der Waals surface area contributed by atoms with Gasteiger partial charge in [-0.2, -0.15) is 0 Å². The molecule has 14 heavy (non-hydrogen) atoms. The molecule has 0 aromatic carbocycles. The van der Waals surface area contributed by atoms with Gasteiger partial charge in [0, 0.05) is 12.6 Å². The highest BCUT2D eigenvalue weighted by Gasteiger charge is 2.06. The normalized spacial score (nSPS) is 10.1. The first-order valence-corrected chi connectivity index (χ1v) is 4.91. The average molecular weight is 196 g/mol. The van der Waals surface area contributed by atoms with Crippen LogP contribution in [0.1, 0.15) is 31.2 Å². The van der Waals surface area contributed by atoms with E-state index in [0.717, 1.165) is 25.1 Å². The molecule has 0 bridgehead atoms. The van der Waals surface area contributed by atoms with Crippen molar-refractivity contribution in [3.05, 3.63) is 17.5 Å². The van der Waals surface area contributed by atoms with Crippen LogP contribution in [0.5, 0.6) is 0 Å². The third-order valence-corrected chi connectivity index (χ3v) is 1.87. The molecular weight excluding hydrogens is 180 g/mol. The van der Waals surface area contributed by atoms with E-state index in [1.165, 1.54) is 0 Å². The van der Waals surface area contributed by atoms with E-state index in [4.69, 9.17) is 4.52 Å². The molecule has 0 unspecified atom stereocenters. The molecule has 1 heterocycles. The lowest BCUT2D eigenvalue weighted by molar-refractivity contribution is -0.120. The van der Waals surface area contributed by atoms with Gasteiger partial charge in [-0.25, -0.2) is 0 Å². The summed E-state index contributed by atoms with van der Waals surface area (Å²) in [7, 11) is 0. The molecular formula is C10H16N2O2. The van der Waals surface area contributed by atoms with E-state index in [1.807, 2.05) is 6.92 Å². The third kappa shape index (κ3) is 3.60. The molecule has 0 spiro atoms. The molecule has 1 rings (SSSR count). The molecule has 1 amide bonds. The van der Waals surface area contributed by atoms with Crippen LogP contribution < -0.4 is 5.32 Å². The van der Waals surface area contributed by atoms with Gasteiger partial charge in [0.2, 0.25) is 5.91 Å². The zero-order valence-corrected chi connectivity index (χ0v) is 8.67. The minimum Gasteiger partial charge on any atom is -0.361 e. The smallest absolute Gasteiger partial charge is 0.226 e. The number of hydrogen-bond acceptors (Lipinski definition) is 3. The summed E-state index contributed by atoms with van der Waals surface area (Å²) in [4.78, 5) is 11.3. The van der Waals surface area contributed by atoms with Crippen LogP contribution >= 0.6 is 0 Å². The summed E-state index contributed by atoms with van der Waals surface area (Å²) < 4.78 is 4.86. The summed E-state index contributed by atoms with van der Waals surface area (Å²) in [5.74, 6) is 0.744. The SMILES string of the molecule is CCCCNC(=O)Cc1cc(C)on1. The molecule has 0 saturated carbocycles. The number of aromatic nitrogens is 1. The highest BCUT2D eigenvalue weighted by atomic mass is 16.5. The highest BCUT2D eigenvalue weighted by Crippen LogP contribution is 2.01. The van der Waals surface area contributed by atoms with Crippen LogP contribution in [0, 0.1) is 6.92 Å². The number of aryl methyl sites for hydroxylation is 1. The Hall–Kier alpha value is -1.32. The predicted molar refractivity (Wildman–Crippen MR) is 52.9 cm³/mol. The lowest BCUT2D eigenvalue weighted by Crippen LogP contribution is -2.26. The van der Waals surface area contributed by atoms with Gasteiger partial charge in [0.05, 0.1) is 12.1 Å². The number of carbonyl (C=O) groups is 1. The Labute approximate surface area is 83.7 Å². The van der Waals surface area contributed by atoms with E-state index in [9.17, 15) is 4.79 Å². The van der Waals surface area contributed by atoms with Gasteiger partial charge < -0.3 is 9.84 Å². The first kappa shape index (κ1) is 10.8. The van der Waals surface area contributed by atoms with Gasteiger partial charge in [0.1, 0.15) is 5.76 Å². The van der Waals surface area contributed by atoms with Crippen molar-refractivity contribution in [3.8, 4) is 0 Å². The van der Waals surface area contributed by atoms with Crippen LogP contribution in [0.15, 0.2) is 10.6 Å². The molecule has 78 valence electrons. The maximum atomic E-state index is 11.3. The standard InChI is InChI=1S/C10H16N2O2/c1-3-4-5-11-10(13)7-9-6-8(2)14-12-9/h6H,3-5,7H2,1-2H3,(H,11,13). The second-order valence-electron chi connectivity index (χ2n) is 3.31. The van der Waals surface area contributed by atoms with Gasteiger partial charge in [0.15, 0.2) is 0 Å². The Morgan fingerprint density at radius 1 is 1.64 bits per heavy atom. The highest BCUT2D eigenvalue weighted by molar-refractivity contribution is 5.77. The molecule has 0 atom stereocenters. The minimum atomic E-state index is 0.00625. The van der Waals surface area contributed by atoms with Gasteiger partial charge in [0.25, 0.3) is 0 Å². The summed E-state index contributed by atoms with van der Waals surface area (Å²) in [5.41, 5.74) is 0.691. The van der Waals surface area contributed by atoms with Crippen LogP contribution in [0.4, 0.5) is 0 Å². The maximum absolute atomic E-state index is 11.3. The monoisotopic (exact) mass is 196 g/mol. The number of nitrogens with zero attached hydrogens (tertiary/aromatic N) is 1. The molecule has 1 aromatic heterocycles. The number of carbonyl (C=O) groups excluding carboxylic acids is 1. The summed E-state index contributed by atoms with van der Waals surface area (Å²) >= 11 is 0. The van der Waals surface area contributed by atoms with E-state index in [2.05, 4.69) is 17.4 Å². The topological polar surface area (TPSA) is 55.1 Å². The Morgan fingerprint density at radius 2 is 2.43 bits per heavy atom.